The van der Waals surface area contributed by atoms with Gasteiger partial charge in [-0.05, 0) is 18.1 Å². The fraction of sp³-hybridized carbons (Fsp3) is 0.294. The highest BCUT2D eigenvalue weighted by atomic mass is 32.1. The second-order valence-corrected chi connectivity index (χ2v) is 6.56. The fourth-order valence-electron chi connectivity index (χ4n) is 2.73. The largest absolute Gasteiger partial charge is 0.372 e. The summed E-state index contributed by atoms with van der Waals surface area (Å²) >= 11 is 1.48. The number of anilines is 1. The van der Waals surface area contributed by atoms with Gasteiger partial charge >= 0.3 is 0 Å². The number of hydrogen-bond acceptors (Lipinski definition) is 4. The van der Waals surface area contributed by atoms with E-state index in [0.717, 1.165) is 15.4 Å². The number of rotatable bonds is 3. The number of nitriles is 1. The first-order valence-electron chi connectivity index (χ1n) is 7.37. The maximum atomic E-state index is 13.7. The Morgan fingerprint density at radius 1 is 1.48 bits per heavy atom. The molecule has 1 aliphatic heterocycles. The lowest BCUT2D eigenvalue weighted by Gasteiger charge is -2.25. The van der Waals surface area contributed by atoms with E-state index in [0.29, 0.717) is 37.2 Å². The Kier molecular flexibility index (Phi) is 4.30. The number of nitrogens with zero attached hydrogens (tertiary/aromatic N) is 2. The molecule has 0 bridgehead atoms. The monoisotopic (exact) mass is 329 g/mol. The number of carbonyl (C=O) groups excluding carboxylic acids is 1. The summed E-state index contributed by atoms with van der Waals surface area (Å²) in [4.78, 5) is 14.3. The van der Waals surface area contributed by atoms with Crippen molar-refractivity contribution in [2.45, 2.75) is 26.4 Å². The molecule has 2 aromatic rings. The third kappa shape index (κ3) is 3.06. The van der Waals surface area contributed by atoms with Gasteiger partial charge in [-0.25, -0.2) is 4.39 Å². The minimum Gasteiger partial charge on any atom is -0.372 e. The molecule has 1 aliphatic rings. The molecule has 2 heterocycles. The van der Waals surface area contributed by atoms with Crippen LogP contribution in [0.3, 0.4) is 0 Å². The van der Waals surface area contributed by atoms with E-state index in [9.17, 15) is 14.4 Å². The van der Waals surface area contributed by atoms with Gasteiger partial charge in [0.1, 0.15) is 16.9 Å². The molecule has 1 N–H and O–H groups in total. The third-order valence-electron chi connectivity index (χ3n) is 4.01. The van der Waals surface area contributed by atoms with E-state index >= 15 is 0 Å². The first kappa shape index (κ1) is 15.5. The normalized spacial score (nSPS) is 13.3. The molecular formula is C17H16FN3OS. The van der Waals surface area contributed by atoms with Gasteiger partial charge < -0.3 is 10.2 Å². The van der Waals surface area contributed by atoms with Crippen LogP contribution in [0.15, 0.2) is 24.3 Å². The van der Waals surface area contributed by atoms with Crippen molar-refractivity contribution < 1.29 is 9.18 Å². The van der Waals surface area contributed by atoms with Crippen LogP contribution in [0.2, 0.25) is 0 Å². The van der Waals surface area contributed by atoms with E-state index in [1.807, 2.05) is 0 Å². The molecule has 0 radical (unpaired) electrons. The van der Waals surface area contributed by atoms with Gasteiger partial charge in [0, 0.05) is 30.5 Å². The van der Waals surface area contributed by atoms with Crippen LogP contribution in [0, 0.1) is 17.1 Å². The van der Waals surface area contributed by atoms with Crippen LogP contribution in [0.4, 0.5) is 9.39 Å². The van der Waals surface area contributed by atoms with Gasteiger partial charge in [-0.3, -0.25) is 4.79 Å². The summed E-state index contributed by atoms with van der Waals surface area (Å²) in [6.07, 6.45) is 0.690. The Labute approximate surface area is 138 Å². The molecule has 0 unspecified atom stereocenters. The number of fused-ring (bicyclic) bond motifs is 1. The van der Waals surface area contributed by atoms with Gasteiger partial charge in [-0.1, -0.05) is 18.2 Å². The fourth-order valence-corrected chi connectivity index (χ4v) is 3.94. The van der Waals surface area contributed by atoms with Gasteiger partial charge in [0.25, 0.3) is 0 Å². The Bertz CT molecular complexity index is 794. The lowest BCUT2D eigenvalue weighted by Crippen LogP contribution is -2.33. The van der Waals surface area contributed by atoms with Crippen molar-refractivity contribution in [1.82, 2.24) is 4.90 Å². The summed E-state index contributed by atoms with van der Waals surface area (Å²) in [6, 6.07) is 8.83. The van der Waals surface area contributed by atoms with Gasteiger partial charge in [-0.2, -0.15) is 5.26 Å². The predicted octanol–water partition coefficient (Wildman–Crippen LogP) is 3.28. The maximum Gasteiger partial charge on any atom is 0.219 e. The average molecular weight is 329 g/mol. The summed E-state index contributed by atoms with van der Waals surface area (Å²) in [5.74, 6) is -0.217. The molecule has 0 saturated heterocycles. The average Bonchev–Trinajstić information content (AvgIpc) is 2.90. The van der Waals surface area contributed by atoms with Crippen molar-refractivity contribution >= 4 is 22.2 Å². The molecule has 4 nitrogen and oxygen atoms in total. The zero-order valence-electron chi connectivity index (χ0n) is 12.7. The molecule has 1 amide bonds. The van der Waals surface area contributed by atoms with E-state index in [1.54, 1.807) is 30.0 Å². The number of halogens is 1. The number of hydrogen-bond donors (Lipinski definition) is 1. The van der Waals surface area contributed by atoms with Gasteiger partial charge in [0.15, 0.2) is 0 Å². The van der Waals surface area contributed by atoms with Gasteiger partial charge in [0.2, 0.25) is 5.91 Å². The topological polar surface area (TPSA) is 56.1 Å². The van der Waals surface area contributed by atoms with Crippen LogP contribution >= 0.6 is 11.3 Å². The standard InChI is InChI=1S/C17H16FN3OS/c1-11(22)21-7-6-13-14(8-19)17(23-16(13)10-21)20-9-12-4-2-3-5-15(12)18/h2-5,20H,6-7,9-10H2,1H3. The maximum absolute atomic E-state index is 13.7. The first-order valence-corrected chi connectivity index (χ1v) is 8.19. The molecule has 0 atom stereocenters. The molecule has 0 aliphatic carbocycles. The van der Waals surface area contributed by atoms with Gasteiger partial charge in [0.05, 0.1) is 12.1 Å². The molecule has 118 valence electrons. The van der Waals surface area contributed by atoms with E-state index in [1.165, 1.54) is 17.4 Å². The quantitative estimate of drug-likeness (QED) is 0.940. The first-order chi connectivity index (χ1) is 11.1. The van der Waals surface area contributed by atoms with Crippen LogP contribution in [-0.4, -0.2) is 17.4 Å². The van der Waals surface area contributed by atoms with Crippen molar-refractivity contribution in [3.8, 4) is 6.07 Å². The Morgan fingerprint density at radius 2 is 2.26 bits per heavy atom. The van der Waals surface area contributed by atoms with Crippen LogP contribution in [-0.2, 0) is 24.3 Å². The zero-order chi connectivity index (χ0) is 16.4. The van der Waals surface area contributed by atoms with Gasteiger partial charge in [-0.15, -0.1) is 11.3 Å². The summed E-state index contributed by atoms with van der Waals surface area (Å²) in [7, 11) is 0. The van der Waals surface area contributed by atoms with E-state index < -0.39 is 0 Å². The minimum absolute atomic E-state index is 0.0448. The van der Waals surface area contributed by atoms with Crippen molar-refractivity contribution in [2.75, 3.05) is 11.9 Å². The van der Waals surface area contributed by atoms with Crippen LogP contribution in [0.25, 0.3) is 0 Å². The number of nitrogens with one attached hydrogen (secondary N) is 1. The molecule has 1 aromatic carbocycles. The zero-order valence-corrected chi connectivity index (χ0v) is 13.5. The van der Waals surface area contributed by atoms with E-state index in [4.69, 9.17) is 0 Å². The summed E-state index contributed by atoms with van der Waals surface area (Å²) in [6.45, 7) is 3.07. The molecule has 3 rings (SSSR count). The summed E-state index contributed by atoms with van der Waals surface area (Å²) in [5.41, 5.74) is 2.21. The minimum atomic E-state index is -0.261. The number of benzene rings is 1. The number of amides is 1. The van der Waals surface area contributed by atoms with E-state index in [2.05, 4.69) is 11.4 Å². The van der Waals surface area contributed by atoms with Crippen molar-refractivity contribution in [1.29, 1.82) is 5.26 Å². The Balaban J connectivity index is 1.83. The third-order valence-corrected chi connectivity index (χ3v) is 5.19. The molecule has 0 saturated carbocycles. The molecule has 0 fully saturated rings. The van der Waals surface area contributed by atoms with Crippen molar-refractivity contribution in [2.24, 2.45) is 0 Å². The highest BCUT2D eigenvalue weighted by Gasteiger charge is 2.25. The van der Waals surface area contributed by atoms with Crippen LogP contribution < -0.4 is 5.32 Å². The molecule has 23 heavy (non-hydrogen) atoms. The highest BCUT2D eigenvalue weighted by Crippen LogP contribution is 2.36. The Morgan fingerprint density at radius 3 is 2.96 bits per heavy atom. The second-order valence-electron chi connectivity index (χ2n) is 5.46. The summed E-state index contributed by atoms with van der Waals surface area (Å²) in [5, 5.41) is 13.4. The molecular weight excluding hydrogens is 313 g/mol. The Hall–Kier alpha value is -2.39. The summed E-state index contributed by atoms with van der Waals surface area (Å²) < 4.78 is 13.7. The molecule has 1 aromatic heterocycles. The van der Waals surface area contributed by atoms with Crippen LogP contribution in [0.5, 0.6) is 0 Å². The highest BCUT2D eigenvalue weighted by molar-refractivity contribution is 7.16. The predicted molar refractivity (Wildman–Crippen MR) is 87.6 cm³/mol. The van der Waals surface area contributed by atoms with Crippen LogP contribution in [0.1, 0.15) is 28.5 Å². The SMILES string of the molecule is CC(=O)N1CCc2c(sc(NCc3ccccc3F)c2C#N)C1. The number of carbonyl (C=O) groups is 1. The smallest absolute Gasteiger partial charge is 0.219 e. The molecule has 6 heteroatoms. The van der Waals surface area contributed by atoms with Crippen molar-refractivity contribution in [3.05, 3.63) is 51.7 Å². The number of thiophene rings is 1. The molecule has 0 spiro atoms. The van der Waals surface area contributed by atoms with Crippen molar-refractivity contribution in [3.63, 3.8) is 0 Å². The second kappa shape index (κ2) is 6.39. The lowest BCUT2D eigenvalue weighted by molar-refractivity contribution is -0.129. The lowest BCUT2D eigenvalue weighted by atomic mass is 10.0. The van der Waals surface area contributed by atoms with E-state index in [-0.39, 0.29) is 11.7 Å².